The number of aromatic hydroxyl groups is 1. The number of hydrogen-bond donors (Lipinski definition) is 1. The van der Waals surface area contributed by atoms with Crippen molar-refractivity contribution in [1.29, 1.82) is 0 Å². The van der Waals surface area contributed by atoms with Gasteiger partial charge in [0.05, 0.1) is 12.2 Å². The Morgan fingerprint density at radius 3 is 2.25 bits per heavy atom. The third kappa shape index (κ3) is 2.77. The van der Waals surface area contributed by atoms with Crippen molar-refractivity contribution in [2.75, 3.05) is 6.61 Å². The van der Waals surface area contributed by atoms with Gasteiger partial charge in [0.1, 0.15) is 5.82 Å². The summed E-state index contributed by atoms with van der Waals surface area (Å²) < 4.78 is 31.8. The van der Waals surface area contributed by atoms with Crippen molar-refractivity contribution in [3.05, 3.63) is 53.6 Å². The zero-order chi connectivity index (χ0) is 14.7. The molecule has 0 radical (unpaired) electrons. The summed E-state index contributed by atoms with van der Waals surface area (Å²) in [7, 11) is 0. The predicted octanol–water partition coefficient (Wildman–Crippen LogP) is 3.51. The van der Waals surface area contributed by atoms with Crippen molar-refractivity contribution in [3.8, 4) is 16.9 Å². The summed E-state index contributed by atoms with van der Waals surface area (Å²) in [5.41, 5.74) is 0.624. The third-order valence-corrected chi connectivity index (χ3v) is 2.75. The number of benzene rings is 2. The number of carbonyl (C=O) groups excluding carboxylic acids is 1. The SMILES string of the molecule is CCOC(=O)c1ccc(-c2ccc(O)c(F)c2)cc1F. The number of ether oxygens (including phenoxy) is 1. The van der Waals surface area contributed by atoms with Gasteiger partial charge in [-0.2, -0.15) is 0 Å². The fourth-order valence-electron chi connectivity index (χ4n) is 1.76. The molecule has 0 unspecified atom stereocenters. The molecule has 5 heteroatoms. The summed E-state index contributed by atoms with van der Waals surface area (Å²) in [6, 6.07) is 7.62. The van der Waals surface area contributed by atoms with Crippen LogP contribution in [0.1, 0.15) is 17.3 Å². The molecule has 3 nitrogen and oxygen atoms in total. The zero-order valence-electron chi connectivity index (χ0n) is 10.7. The third-order valence-electron chi connectivity index (χ3n) is 2.75. The number of phenolic OH excluding ortho intramolecular Hbond substituents is 1. The molecule has 0 aliphatic heterocycles. The van der Waals surface area contributed by atoms with Crippen LogP contribution in [0.4, 0.5) is 8.78 Å². The van der Waals surface area contributed by atoms with E-state index in [-0.39, 0.29) is 12.2 Å². The van der Waals surface area contributed by atoms with Gasteiger partial charge in [-0.25, -0.2) is 13.6 Å². The zero-order valence-corrected chi connectivity index (χ0v) is 10.7. The van der Waals surface area contributed by atoms with Crippen molar-refractivity contribution in [2.24, 2.45) is 0 Å². The van der Waals surface area contributed by atoms with Crippen LogP contribution in [0.15, 0.2) is 36.4 Å². The molecule has 2 aromatic rings. The van der Waals surface area contributed by atoms with Crippen LogP contribution < -0.4 is 0 Å². The molecule has 0 heterocycles. The van der Waals surface area contributed by atoms with Crippen LogP contribution in [0.3, 0.4) is 0 Å². The van der Waals surface area contributed by atoms with E-state index in [4.69, 9.17) is 9.84 Å². The van der Waals surface area contributed by atoms with Crippen LogP contribution in [0.5, 0.6) is 5.75 Å². The Hall–Kier alpha value is -2.43. The lowest BCUT2D eigenvalue weighted by atomic mass is 10.0. The Labute approximate surface area is 114 Å². The predicted molar refractivity (Wildman–Crippen MR) is 69.4 cm³/mol. The number of esters is 1. The highest BCUT2D eigenvalue weighted by molar-refractivity contribution is 5.90. The second-order valence-corrected chi connectivity index (χ2v) is 4.08. The molecule has 20 heavy (non-hydrogen) atoms. The molecule has 1 N–H and O–H groups in total. The average molecular weight is 278 g/mol. The second-order valence-electron chi connectivity index (χ2n) is 4.08. The maximum Gasteiger partial charge on any atom is 0.341 e. The van der Waals surface area contributed by atoms with Crippen LogP contribution in [0.2, 0.25) is 0 Å². The van der Waals surface area contributed by atoms with E-state index in [2.05, 4.69) is 0 Å². The molecule has 0 amide bonds. The highest BCUT2D eigenvalue weighted by Crippen LogP contribution is 2.26. The summed E-state index contributed by atoms with van der Waals surface area (Å²) in [6.45, 7) is 1.78. The van der Waals surface area contributed by atoms with E-state index < -0.39 is 23.4 Å². The Bertz CT molecular complexity index is 654. The lowest BCUT2D eigenvalue weighted by Crippen LogP contribution is -2.07. The van der Waals surface area contributed by atoms with Crippen LogP contribution in [0, 0.1) is 11.6 Å². The number of phenols is 1. The van der Waals surface area contributed by atoms with E-state index in [0.717, 1.165) is 12.1 Å². The molecule has 0 bridgehead atoms. The van der Waals surface area contributed by atoms with Gasteiger partial charge in [-0.15, -0.1) is 0 Å². The lowest BCUT2D eigenvalue weighted by molar-refractivity contribution is 0.0521. The highest BCUT2D eigenvalue weighted by atomic mass is 19.1. The average Bonchev–Trinajstić information content (AvgIpc) is 2.42. The summed E-state index contributed by atoms with van der Waals surface area (Å²) in [4.78, 5) is 11.5. The summed E-state index contributed by atoms with van der Waals surface area (Å²) >= 11 is 0. The number of hydrogen-bond acceptors (Lipinski definition) is 3. The molecular weight excluding hydrogens is 266 g/mol. The fraction of sp³-hybridized carbons (Fsp3) is 0.133. The first kappa shape index (κ1) is 14.0. The van der Waals surface area contributed by atoms with E-state index in [9.17, 15) is 13.6 Å². The van der Waals surface area contributed by atoms with Gasteiger partial charge in [-0.3, -0.25) is 0 Å². The van der Waals surface area contributed by atoms with Crippen molar-refractivity contribution >= 4 is 5.97 Å². The Balaban J connectivity index is 2.37. The summed E-state index contributed by atoms with van der Waals surface area (Å²) in [5.74, 6) is -2.75. The monoisotopic (exact) mass is 278 g/mol. The first-order chi connectivity index (χ1) is 9.52. The lowest BCUT2D eigenvalue weighted by Gasteiger charge is -2.07. The standard InChI is InChI=1S/C15H12F2O3/c1-2-20-15(19)11-5-3-9(7-12(11)16)10-4-6-14(18)13(17)8-10/h3-8,18H,2H2,1H3. The van der Waals surface area contributed by atoms with E-state index in [0.29, 0.717) is 11.1 Å². The second kappa shape index (κ2) is 5.69. The summed E-state index contributed by atoms with van der Waals surface area (Å²) in [6.07, 6.45) is 0. The number of carbonyl (C=O) groups is 1. The van der Waals surface area contributed by atoms with Gasteiger partial charge in [0.2, 0.25) is 0 Å². The molecule has 0 fully saturated rings. The molecule has 0 saturated carbocycles. The first-order valence-corrected chi connectivity index (χ1v) is 5.98. The molecule has 2 rings (SSSR count). The van der Waals surface area contributed by atoms with E-state index >= 15 is 0 Å². The van der Waals surface area contributed by atoms with Crippen molar-refractivity contribution in [1.82, 2.24) is 0 Å². The maximum absolute atomic E-state index is 13.8. The molecule has 2 aromatic carbocycles. The van der Waals surface area contributed by atoms with Crippen LogP contribution in [-0.2, 0) is 4.74 Å². The smallest absolute Gasteiger partial charge is 0.341 e. The van der Waals surface area contributed by atoms with Gasteiger partial charge in [-0.1, -0.05) is 12.1 Å². The minimum atomic E-state index is -0.794. The van der Waals surface area contributed by atoms with Crippen molar-refractivity contribution in [2.45, 2.75) is 6.92 Å². The molecule has 0 saturated heterocycles. The summed E-state index contributed by atoms with van der Waals surface area (Å²) in [5, 5.41) is 9.11. The molecule has 0 spiro atoms. The maximum atomic E-state index is 13.8. The number of rotatable bonds is 3. The van der Waals surface area contributed by atoms with Gasteiger partial charge < -0.3 is 9.84 Å². The van der Waals surface area contributed by atoms with Crippen molar-refractivity contribution in [3.63, 3.8) is 0 Å². The van der Waals surface area contributed by atoms with Gasteiger partial charge in [-0.05, 0) is 42.3 Å². The minimum Gasteiger partial charge on any atom is -0.505 e. The highest BCUT2D eigenvalue weighted by Gasteiger charge is 2.14. The van der Waals surface area contributed by atoms with Crippen LogP contribution in [-0.4, -0.2) is 17.7 Å². The van der Waals surface area contributed by atoms with Crippen LogP contribution >= 0.6 is 0 Å². The first-order valence-electron chi connectivity index (χ1n) is 5.98. The van der Waals surface area contributed by atoms with Gasteiger partial charge in [0.25, 0.3) is 0 Å². The fourth-order valence-corrected chi connectivity index (χ4v) is 1.76. The Morgan fingerprint density at radius 1 is 1.10 bits per heavy atom. The number of halogens is 2. The van der Waals surface area contributed by atoms with E-state index in [1.807, 2.05) is 0 Å². The Kier molecular flexibility index (Phi) is 3.98. The van der Waals surface area contributed by atoms with Gasteiger partial charge >= 0.3 is 5.97 Å². The van der Waals surface area contributed by atoms with E-state index in [1.54, 1.807) is 6.92 Å². The molecule has 0 atom stereocenters. The molecule has 0 aromatic heterocycles. The molecule has 104 valence electrons. The van der Waals surface area contributed by atoms with Crippen LogP contribution in [0.25, 0.3) is 11.1 Å². The Morgan fingerprint density at radius 2 is 1.70 bits per heavy atom. The minimum absolute atomic E-state index is 0.156. The molecule has 0 aliphatic carbocycles. The molecular formula is C15H12F2O3. The molecule has 0 aliphatic rings. The topological polar surface area (TPSA) is 46.5 Å². The quantitative estimate of drug-likeness (QED) is 0.874. The van der Waals surface area contributed by atoms with Crippen molar-refractivity contribution < 1.29 is 23.4 Å². The van der Waals surface area contributed by atoms with Gasteiger partial charge in [0, 0.05) is 0 Å². The largest absolute Gasteiger partial charge is 0.505 e. The van der Waals surface area contributed by atoms with E-state index in [1.165, 1.54) is 24.3 Å². The van der Waals surface area contributed by atoms with Gasteiger partial charge in [0.15, 0.2) is 11.6 Å². The normalized spacial score (nSPS) is 10.3.